The number of fused-ring (bicyclic) bond motifs is 1. The Morgan fingerprint density at radius 1 is 1.53 bits per heavy atom. The van der Waals surface area contributed by atoms with Crippen LogP contribution in [0.4, 0.5) is 5.69 Å². The number of amides is 1. The molecular formula is C14H20N2O3. The summed E-state index contributed by atoms with van der Waals surface area (Å²) in [5.74, 6) is 0.783. The number of carbonyl (C=O) groups is 1. The van der Waals surface area contributed by atoms with Crippen LogP contribution in [0.25, 0.3) is 0 Å². The minimum absolute atomic E-state index is 0.0234. The molecule has 104 valence electrons. The van der Waals surface area contributed by atoms with Crippen LogP contribution in [-0.2, 0) is 9.53 Å². The Bertz CT molecular complexity index is 432. The van der Waals surface area contributed by atoms with Crippen LogP contribution < -0.4 is 15.4 Å². The van der Waals surface area contributed by atoms with E-state index in [9.17, 15) is 4.79 Å². The van der Waals surface area contributed by atoms with Crippen LogP contribution in [0.5, 0.6) is 5.75 Å². The highest BCUT2D eigenvalue weighted by molar-refractivity contribution is 5.95. The molecule has 5 heteroatoms. The van der Waals surface area contributed by atoms with Crippen LogP contribution in [0, 0.1) is 0 Å². The van der Waals surface area contributed by atoms with Gasteiger partial charge in [0.05, 0.1) is 24.8 Å². The highest BCUT2D eigenvalue weighted by atomic mass is 16.5. The minimum atomic E-state index is -0.233. The van der Waals surface area contributed by atoms with Crippen molar-refractivity contribution in [3.8, 4) is 5.75 Å². The molecule has 0 bridgehead atoms. The summed E-state index contributed by atoms with van der Waals surface area (Å²) in [4.78, 5) is 14.1. The SMILES string of the molecule is COC(CN)CC(=O)N1CCCOc2ccccc21. The molecule has 0 saturated heterocycles. The number of rotatable bonds is 4. The van der Waals surface area contributed by atoms with Crippen molar-refractivity contribution in [3.63, 3.8) is 0 Å². The van der Waals surface area contributed by atoms with Crippen molar-refractivity contribution in [1.82, 2.24) is 0 Å². The lowest BCUT2D eigenvalue weighted by atomic mass is 10.2. The molecule has 2 rings (SSSR count). The maximum Gasteiger partial charge on any atom is 0.229 e. The molecule has 5 nitrogen and oxygen atoms in total. The average molecular weight is 264 g/mol. The summed E-state index contributed by atoms with van der Waals surface area (Å²) in [6, 6.07) is 7.61. The van der Waals surface area contributed by atoms with Gasteiger partial charge in [0.15, 0.2) is 0 Å². The molecule has 0 aromatic heterocycles. The van der Waals surface area contributed by atoms with Crippen molar-refractivity contribution in [1.29, 1.82) is 0 Å². The van der Waals surface area contributed by atoms with Gasteiger partial charge in [0.2, 0.25) is 5.91 Å². The highest BCUT2D eigenvalue weighted by Crippen LogP contribution is 2.31. The molecule has 1 aromatic rings. The number of nitrogens with zero attached hydrogens (tertiary/aromatic N) is 1. The first-order chi connectivity index (χ1) is 9.26. The van der Waals surface area contributed by atoms with Gasteiger partial charge >= 0.3 is 0 Å². The van der Waals surface area contributed by atoms with Crippen molar-refractivity contribution >= 4 is 11.6 Å². The number of anilines is 1. The second-order valence-electron chi connectivity index (χ2n) is 4.51. The predicted octanol–water partition coefficient (Wildman–Crippen LogP) is 1.17. The zero-order chi connectivity index (χ0) is 13.7. The van der Waals surface area contributed by atoms with E-state index in [1.165, 1.54) is 0 Å². The number of carbonyl (C=O) groups excluding carboxylic acids is 1. The van der Waals surface area contributed by atoms with Gasteiger partial charge in [-0.15, -0.1) is 0 Å². The standard InChI is InChI=1S/C14H20N2O3/c1-18-11(10-15)9-14(17)16-7-4-8-19-13-6-3-2-5-12(13)16/h2-3,5-6,11H,4,7-10,15H2,1H3. The molecule has 0 aliphatic carbocycles. The van der Waals surface area contributed by atoms with Gasteiger partial charge < -0.3 is 20.1 Å². The Morgan fingerprint density at radius 2 is 2.32 bits per heavy atom. The molecule has 0 saturated carbocycles. The Balaban J connectivity index is 2.17. The number of ether oxygens (including phenoxy) is 2. The molecule has 1 heterocycles. The first kappa shape index (κ1) is 13.8. The van der Waals surface area contributed by atoms with Crippen LogP contribution in [-0.4, -0.2) is 38.8 Å². The molecule has 0 radical (unpaired) electrons. The highest BCUT2D eigenvalue weighted by Gasteiger charge is 2.23. The van der Waals surface area contributed by atoms with Crippen LogP contribution in [0.1, 0.15) is 12.8 Å². The summed E-state index contributed by atoms with van der Waals surface area (Å²) >= 11 is 0. The first-order valence-electron chi connectivity index (χ1n) is 6.51. The van der Waals surface area contributed by atoms with E-state index in [4.69, 9.17) is 15.2 Å². The molecule has 0 fully saturated rings. The molecule has 1 aromatic carbocycles. The summed E-state index contributed by atoms with van der Waals surface area (Å²) in [5, 5.41) is 0. The monoisotopic (exact) mass is 264 g/mol. The largest absolute Gasteiger partial charge is 0.491 e. The third-order valence-corrected chi connectivity index (χ3v) is 3.24. The van der Waals surface area contributed by atoms with E-state index in [2.05, 4.69) is 0 Å². The molecule has 2 N–H and O–H groups in total. The topological polar surface area (TPSA) is 64.8 Å². The smallest absolute Gasteiger partial charge is 0.229 e. The zero-order valence-electron chi connectivity index (χ0n) is 11.2. The summed E-state index contributed by atoms with van der Waals surface area (Å²) in [5.41, 5.74) is 6.40. The number of hydrogen-bond acceptors (Lipinski definition) is 4. The summed E-state index contributed by atoms with van der Waals surface area (Å²) in [7, 11) is 1.57. The Morgan fingerprint density at radius 3 is 3.05 bits per heavy atom. The normalized spacial score (nSPS) is 16.2. The molecule has 0 spiro atoms. The number of nitrogens with two attached hydrogens (primary N) is 1. The van der Waals surface area contributed by atoms with Gasteiger partial charge in [-0.1, -0.05) is 12.1 Å². The second kappa shape index (κ2) is 6.54. The zero-order valence-corrected chi connectivity index (χ0v) is 11.2. The van der Waals surface area contributed by atoms with E-state index in [0.29, 0.717) is 26.1 Å². The van der Waals surface area contributed by atoms with Gasteiger partial charge in [-0.3, -0.25) is 4.79 Å². The predicted molar refractivity (Wildman–Crippen MR) is 73.4 cm³/mol. The van der Waals surface area contributed by atoms with Crippen LogP contribution >= 0.6 is 0 Å². The van der Waals surface area contributed by atoms with E-state index < -0.39 is 0 Å². The van der Waals surface area contributed by atoms with Crippen molar-refractivity contribution < 1.29 is 14.3 Å². The van der Waals surface area contributed by atoms with Gasteiger partial charge in [-0.2, -0.15) is 0 Å². The van der Waals surface area contributed by atoms with Gasteiger partial charge in [-0.25, -0.2) is 0 Å². The average Bonchev–Trinajstić information content (AvgIpc) is 2.66. The number of para-hydroxylation sites is 2. The van der Waals surface area contributed by atoms with E-state index in [1.807, 2.05) is 24.3 Å². The maximum absolute atomic E-state index is 12.4. The maximum atomic E-state index is 12.4. The third-order valence-electron chi connectivity index (χ3n) is 3.24. The van der Waals surface area contributed by atoms with Crippen molar-refractivity contribution in [2.24, 2.45) is 5.73 Å². The fourth-order valence-electron chi connectivity index (χ4n) is 2.15. The molecule has 19 heavy (non-hydrogen) atoms. The number of methoxy groups -OCH3 is 1. The fraction of sp³-hybridized carbons (Fsp3) is 0.500. The van der Waals surface area contributed by atoms with E-state index >= 15 is 0 Å². The summed E-state index contributed by atoms with van der Waals surface area (Å²) < 4.78 is 10.8. The van der Waals surface area contributed by atoms with Gasteiger partial charge in [0.25, 0.3) is 0 Å². The van der Waals surface area contributed by atoms with E-state index in [1.54, 1.807) is 12.0 Å². The fourth-order valence-corrected chi connectivity index (χ4v) is 2.15. The van der Waals surface area contributed by atoms with Crippen molar-refractivity contribution in [2.75, 3.05) is 31.7 Å². The lowest BCUT2D eigenvalue weighted by molar-refractivity contribution is -0.120. The van der Waals surface area contributed by atoms with Gasteiger partial charge in [0, 0.05) is 20.2 Å². The minimum Gasteiger partial charge on any atom is -0.491 e. The first-order valence-corrected chi connectivity index (χ1v) is 6.51. The van der Waals surface area contributed by atoms with Crippen LogP contribution in [0.15, 0.2) is 24.3 Å². The van der Waals surface area contributed by atoms with E-state index in [-0.39, 0.29) is 12.0 Å². The molecule has 1 aliphatic rings. The Hall–Kier alpha value is -1.59. The van der Waals surface area contributed by atoms with Gasteiger partial charge in [0.1, 0.15) is 5.75 Å². The van der Waals surface area contributed by atoms with Crippen molar-refractivity contribution in [3.05, 3.63) is 24.3 Å². The molecule has 1 atom stereocenters. The summed E-state index contributed by atoms with van der Waals surface area (Å²) in [6.45, 7) is 1.64. The Labute approximate surface area is 113 Å². The molecule has 1 amide bonds. The molecule has 1 unspecified atom stereocenters. The lowest BCUT2D eigenvalue weighted by Gasteiger charge is -2.23. The van der Waals surface area contributed by atoms with Crippen LogP contribution in [0.3, 0.4) is 0 Å². The Kier molecular flexibility index (Phi) is 4.76. The van der Waals surface area contributed by atoms with Crippen LogP contribution in [0.2, 0.25) is 0 Å². The number of hydrogen-bond donors (Lipinski definition) is 1. The molecule has 1 aliphatic heterocycles. The second-order valence-corrected chi connectivity index (χ2v) is 4.51. The lowest BCUT2D eigenvalue weighted by Crippen LogP contribution is -2.36. The third kappa shape index (κ3) is 3.24. The van der Waals surface area contributed by atoms with Crippen molar-refractivity contribution in [2.45, 2.75) is 18.9 Å². The molecular weight excluding hydrogens is 244 g/mol. The number of benzene rings is 1. The quantitative estimate of drug-likeness (QED) is 0.886. The van der Waals surface area contributed by atoms with E-state index in [0.717, 1.165) is 17.9 Å². The van der Waals surface area contributed by atoms with Gasteiger partial charge in [-0.05, 0) is 18.6 Å². The summed E-state index contributed by atoms with van der Waals surface area (Å²) in [6.07, 6.45) is 0.881.